The summed E-state index contributed by atoms with van der Waals surface area (Å²) in [6, 6.07) is 1.29. The summed E-state index contributed by atoms with van der Waals surface area (Å²) < 4.78 is 4.85. The van der Waals surface area contributed by atoms with E-state index in [1.807, 2.05) is 6.92 Å². The first-order valence-corrected chi connectivity index (χ1v) is 4.50. The Balaban J connectivity index is 2.79. The van der Waals surface area contributed by atoms with Crippen LogP contribution in [0, 0.1) is 0 Å². The van der Waals surface area contributed by atoms with E-state index >= 15 is 0 Å². The number of aromatic carboxylic acids is 1. The van der Waals surface area contributed by atoms with Gasteiger partial charge in [-0.1, -0.05) is 13.3 Å². The molecular weight excluding hydrogens is 184 g/mol. The fourth-order valence-electron chi connectivity index (χ4n) is 1.14. The molecule has 1 heterocycles. The number of ketones is 1. The number of carboxylic acid groups (broad SMARTS) is 1. The lowest BCUT2D eigenvalue weighted by Crippen LogP contribution is -2.05. The molecule has 14 heavy (non-hydrogen) atoms. The van der Waals surface area contributed by atoms with Crippen molar-refractivity contribution in [1.29, 1.82) is 0 Å². The minimum absolute atomic E-state index is 0.0362. The maximum Gasteiger partial charge on any atom is 0.339 e. The van der Waals surface area contributed by atoms with Crippen molar-refractivity contribution in [3.05, 3.63) is 23.7 Å². The van der Waals surface area contributed by atoms with Crippen molar-refractivity contribution in [2.45, 2.75) is 26.2 Å². The molecule has 0 spiro atoms. The molecule has 0 fully saturated rings. The van der Waals surface area contributed by atoms with Gasteiger partial charge in [0.2, 0.25) is 0 Å². The van der Waals surface area contributed by atoms with E-state index in [0.717, 1.165) is 12.8 Å². The van der Waals surface area contributed by atoms with E-state index in [4.69, 9.17) is 9.52 Å². The summed E-state index contributed by atoms with van der Waals surface area (Å²) in [7, 11) is 0. The molecule has 0 bridgehead atoms. The number of furan rings is 1. The highest BCUT2D eigenvalue weighted by molar-refractivity contribution is 6.03. The standard InChI is InChI=1S/C10H12O4/c1-2-3-4-8(11)9-7(10(12)13)5-6-14-9/h5-6H,2-4H2,1H3,(H,12,13). The molecule has 4 heteroatoms. The van der Waals surface area contributed by atoms with E-state index in [2.05, 4.69) is 0 Å². The first-order chi connectivity index (χ1) is 6.66. The lowest BCUT2D eigenvalue weighted by atomic mass is 10.1. The van der Waals surface area contributed by atoms with Crippen LogP contribution >= 0.6 is 0 Å². The monoisotopic (exact) mass is 196 g/mol. The van der Waals surface area contributed by atoms with Gasteiger partial charge in [0.15, 0.2) is 11.5 Å². The highest BCUT2D eigenvalue weighted by Crippen LogP contribution is 2.14. The van der Waals surface area contributed by atoms with E-state index in [9.17, 15) is 9.59 Å². The summed E-state index contributed by atoms with van der Waals surface area (Å²) in [5.74, 6) is -1.40. The molecule has 0 unspecified atom stereocenters. The summed E-state index contributed by atoms with van der Waals surface area (Å²) in [4.78, 5) is 22.1. The lowest BCUT2D eigenvalue weighted by Gasteiger charge is -1.96. The van der Waals surface area contributed by atoms with Crippen LogP contribution in [0.2, 0.25) is 0 Å². The molecule has 0 aliphatic carbocycles. The largest absolute Gasteiger partial charge is 0.478 e. The van der Waals surface area contributed by atoms with Gasteiger partial charge < -0.3 is 9.52 Å². The molecule has 0 saturated carbocycles. The Hall–Kier alpha value is -1.58. The Kier molecular flexibility index (Phi) is 3.45. The Morgan fingerprint density at radius 2 is 2.21 bits per heavy atom. The fourth-order valence-corrected chi connectivity index (χ4v) is 1.14. The normalized spacial score (nSPS) is 10.1. The van der Waals surface area contributed by atoms with Crippen LogP contribution in [-0.4, -0.2) is 16.9 Å². The van der Waals surface area contributed by atoms with Gasteiger partial charge in [-0.3, -0.25) is 4.79 Å². The number of unbranched alkanes of at least 4 members (excludes halogenated alkanes) is 1. The van der Waals surface area contributed by atoms with E-state index in [0.29, 0.717) is 6.42 Å². The molecule has 0 radical (unpaired) electrons. The third kappa shape index (κ3) is 2.22. The van der Waals surface area contributed by atoms with Gasteiger partial charge in [0.05, 0.1) is 6.26 Å². The summed E-state index contributed by atoms with van der Waals surface area (Å²) >= 11 is 0. The number of rotatable bonds is 5. The highest BCUT2D eigenvalue weighted by Gasteiger charge is 2.19. The van der Waals surface area contributed by atoms with Gasteiger partial charge in [-0.2, -0.15) is 0 Å². The second-order valence-electron chi connectivity index (χ2n) is 3.00. The van der Waals surface area contributed by atoms with Crippen molar-refractivity contribution < 1.29 is 19.1 Å². The van der Waals surface area contributed by atoms with Gasteiger partial charge in [0.1, 0.15) is 5.56 Å². The summed E-state index contributed by atoms with van der Waals surface area (Å²) in [6.07, 6.45) is 3.21. The predicted octanol–water partition coefficient (Wildman–Crippen LogP) is 2.35. The van der Waals surface area contributed by atoms with Crippen molar-refractivity contribution in [3.63, 3.8) is 0 Å². The maximum atomic E-state index is 11.4. The zero-order chi connectivity index (χ0) is 10.6. The molecular formula is C10H12O4. The topological polar surface area (TPSA) is 67.5 Å². The zero-order valence-corrected chi connectivity index (χ0v) is 7.95. The van der Waals surface area contributed by atoms with Crippen LogP contribution < -0.4 is 0 Å². The molecule has 0 amide bonds. The fraction of sp³-hybridized carbons (Fsp3) is 0.400. The van der Waals surface area contributed by atoms with Crippen LogP contribution in [0.15, 0.2) is 16.7 Å². The summed E-state index contributed by atoms with van der Waals surface area (Å²) in [6.45, 7) is 1.97. The van der Waals surface area contributed by atoms with E-state index in [1.54, 1.807) is 0 Å². The molecule has 0 atom stereocenters. The molecule has 0 aromatic carbocycles. The molecule has 0 aliphatic rings. The second kappa shape index (κ2) is 4.60. The molecule has 1 rings (SSSR count). The molecule has 1 N–H and O–H groups in total. The molecule has 1 aromatic rings. The third-order valence-corrected chi connectivity index (χ3v) is 1.91. The number of carbonyl (C=O) groups excluding carboxylic acids is 1. The van der Waals surface area contributed by atoms with Gasteiger partial charge in [-0.05, 0) is 12.5 Å². The number of carboxylic acids is 1. The van der Waals surface area contributed by atoms with Crippen LogP contribution in [0.1, 0.15) is 47.1 Å². The third-order valence-electron chi connectivity index (χ3n) is 1.91. The molecule has 1 aromatic heterocycles. The molecule has 4 nitrogen and oxygen atoms in total. The molecule has 0 saturated heterocycles. The van der Waals surface area contributed by atoms with Gasteiger partial charge in [0, 0.05) is 6.42 Å². The molecule has 0 aliphatic heterocycles. The van der Waals surface area contributed by atoms with Crippen molar-refractivity contribution in [2.75, 3.05) is 0 Å². The lowest BCUT2D eigenvalue weighted by molar-refractivity contribution is 0.0689. The Bertz CT molecular complexity index is 338. The average Bonchev–Trinajstić information content (AvgIpc) is 2.62. The van der Waals surface area contributed by atoms with Crippen LogP contribution in [0.3, 0.4) is 0 Å². The Morgan fingerprint density at radius 1 is 1.50 bits per heavy atom. The number of hydrogen-bond donors (Lipinski definition) is 1. The van der Waals surface area contributed by atoms with Gasteiger partial charge in [-0.15, -0.1) is 0 Å². The first kappa shape index (κ1) is 10.5. The van der Waals surface area contributed by atoms with Gasteiger partial charge in [0.25, 0.3) is 0 Å². The highest BCUT2D eigenvalue weighted by atomic mass is 16.4. The average molecular weight is 196 g/mol. The first-order valence-electron chi connectivity index (χ1n) is 4.50. The number of Topliss-reactive ketones (excluding diaryl/α,β-unsaturated/α-hetero) is 1. The Morgan fingerprint density at radius 3 is 2.79 bits per heavy atom. The van der Waals surface area contributed by atoms with E-state index in [-0.39, 0.29) is 17.1 Å². The summed E-state index contributed by atoms with van der Waals surface area (Å²) in [5.41, 5.74) is -0.0499. The van der Waals surface area contributed by atoms with Gasteiger partial charge in [-0.25, -0.2) is 4.79 Å². The SMILES string of the molecule is CCCCC(=O)c1occc1C(=O)O. The molecule has 76 valence electrons. The minimum Gasteiger partial charge on any atom is -0.478 e. The minimum atomic E-state index is -1.13. The van der Waals surface area contributed by atoms with Crippen molar-refractivity contribution >= 4 is 11.8 Å². The van der Waals surface area contributed by atoms with Crippen molar-refractivity contribution in [1.82, 2.24) is 0 Å². The van der Waals surface area contributed by atoms with Gasteiger partial charge >= 0.3 is 5.97 Å². The summed E-state index contributed by atoms with van der Waals surface area (Å²) in [5, 5.41) is 8.72. The van der Waals surface area contributed by atoms with Crippen molar-refractivity contribution in [3.8, 4) is 0 Å². The van der Waals surface area contributed by atoms with Crippen LogP contribution in [0.5, 0.6) is 0 Å². The number of carbonyl (C=O) groups is 2. The zero-order valence-electron chi connectivity index (χ0n) is 7.95. The second-order valence-corrected chi connectivity index (χ2v) is 3.00. The van der Waals surface area contributed by atoms with Crippen LogP contribution in [0.4, 0.5) is 0 Å². The van der Waals surface area contributed by atoms with E-state index in [1.165, 1.54) is 12.3 Å². The maximum absolute atomic E-state index is 11.4. The van der Waals surface area contributed by atoms with Crippen LogP contribution in [0.25, 0.3) is 0 Å². The Labute approximate surface area is 81.5 Å². The smallest absolute Gasteiger partial charge is 0.339 e. The number of hydrogen-bond acceptors (Lipinski definition) is 3. The predicted molar refractivity (Wildman–Crippen MR) is 49.5 cm³/mol. The van der Waals surface area contributed by atoms with Crippen molar-refractivity contribution in [2.24, 2.45) is 0 Å². The van der Waals surface area contributed by atoms with E-state index < -0.39 is 5.97 Å². The van der Waals surface area contributed by atoms with Crippen LogP contribution in [-0.2, 0) is 0 Å². The quantitative estimate of drug-likeness (QED) is 0.734.